The first-order valence-electron chi connectivity index (χ1n) is 11.1. The van der Waals surface area contributed by atoms with Crippen molar-refractivity contribution < 1.29 is 5.11 Å². The standard InChI is InChI=1S/C24H29N5O/c30-22-10-4-3-9-21(22)29-14-11-18(12-15-29)26-24-19-7-1-2-8-20(19)27-23(28-24)17-6-5-13-25-16-17/h1-2,5-8,13,16,18,21-22,30H,3-4,9-12,14-15H2,(H,26,27,28). The summed E-state index contributed by atoms with van der Waals surface area (Å²) in [6.45, 7) is 2.05. The molecule has 1 aliphatic heterocycles. The second-order valence-electron chi connectivity index (χ2n) is 8.53. The highest BCUT2D eigenvalue weighted by molar-refractivity contribution is 5.90. The number of aliphatic hydroxyl groups is 1. The van der Waals surface area contributed by atoms with Crippen molar-refractivity contribution in [3.05, 3.63) is 48.8 Å². The van der Waals surface area contributed by atoms with Crippen molar-refractivity contribution in [3.8, 4) is 11.4 Å². The fraction of sp³-hybridized carbons (Fsp3) is 0.458. The molecule has 1 saturated heterocycles. The van der Waals surface area contributed by atoms with Gasteiger partial charge in [0.15, 0.2) is 5.82 Å². The third-order valence-electron chi connectivity index (χ3n) is 6.56. The van der Waals surface area contributed by atoms with Crippen LogP contribution in [0.25, 0.3) is 22.3 Å². The molecule has 6 nitrogen and oxygen atoms in total. The zero-order valence-corrected chi connectivity index (χ0v) is 17.2. The number of benzene rings is 1. The maximum absolute atomic E-state index is 10.4. The summed E-state index contributed by atoms with van der Waals surface area (Å²) in [6.07, 6.45) is 10.0. The summed E-state index contributed by atoms with van der Waals surface area (Å²) in [4.78, 5) is 16.3. The van der Waals surface area contributed by atoms with Gasteiger partial charge in [0.2, 0.25) is 0 Å². The molecule has 1 saturated carbocycles. The molecule has 3 heterocycles. The molecule has 6 heteroatoms. The van der Waals surface area contributed by atoms with Crippen LogP contribution in [0.3, 0.4) is 0 Å². The van der Waals surface area contributed by atoms with E-state index in [0.29, 0.717) is 17.9 Å². The van der Waals surface area contributed by atoms with Gasteiger partial charge >= 0.3 is 0 Å². The van der Waals surface area contributed by atoms with Crippen molar-refractivity contribution in [2.24, 2.45) is 0 Å². The van der Waals surface area contributed by atoms with Crippen molar-refractivity contribution in [1.82, 2.24) is 19.9 Å². The number of piperidine rings is 1. The Labute approximate surface area is 177 Å². The summed E-state index contributed by atoms with van der Waals surface area (Å²) >= 11 is 0. The average molecular weight is 404 g/mol. The summed E-state index contributed by atoms with van der Waals surface area (Å²) in [5, 5.41) is 15.2. The van der Waals surface area contributed by atoms with Crippen LogP contribution in [0.5, 0.6) is 0 Å². The van der Waals surface area contributed by atoms with Crippen LogP contribution < -0.4 is 5.32 Å². The predicted molar refractivity (Wildman–Crippen MR) is 119 cm³/mol. The Kier molecular flexibility index (Phi) is 5.60. The van der Waals surface area contributed by atoms with E-state index in [4.69, 9.17) is 9.97 Å². The molecule has 0 bridgehead atoms. The van der Waals surface area contributed by atoms with E-state index < -0.39 is 0 Å². The number of hydrogen-bond donors (Lipinski definition) is 2. The third kappa shape index (κ3) is 4.02. The molecule has 3 aromatic rings. The van der Waals surface area contributed by atoms with E-state index in [2.05, 4.69) is 21.3 Å². The molecule has 2 N–H and O–H groups in total. The monoisotopic (exact) mass is 403 g/mol. The third-order valence-corrected chi connectivity index (χ3v) is 6.56. The summed E-state index contributed by atoms with van der Waals surface area (Å²) in [7, 11) is 0. The molecule has 0 amide bonds. The van der Waals surface area contributed by atoms with Crippen LogP contribution in [0.2, 0.25) is 0 Å². The highest BCUT2D eigenvalue weighted by Gasteiger charge is 2.31. The van der Waals surface area contributed by atoms with Gasteiger partial charge in [0, 0.05) is 48.5 Å². The SMILES string of the molecule is OC1CCCCC1N1CCC(Nc2nc(-c3cccnc3)nc3ccccc23)CC1. The number of fused-ring (bicyclic) bond motifs is 1. The number of anilines is 1. The van der Waals surface area contributed by atoms with Crippen LogP contribution in [0.1, 0.15) is 38.5 Å². The fourth-order valence-corrected chi connectivity index (χ4v) is 4.90. The van der Waals surface area contributed by atoms with E-state index in [-0.39, 0.29) is 6.10 Å². The fourth-order valence-electron chi connectivity index (χ4n) is 4.90. The van der Waals surface area contributed by atoms with E-state index in [1.807, 2.05) is 36.5 Å². The summed E-state index contributed by atoms with van der Waals surface area (Å²) in [5.41, 5.74) is 1.86. The summed E-state index contributed by atoms with van der Waals surface area (Å²) in [5.74, 6) is 1.60. The zero-order valence-electron chi connectivity index (χ0n) is 17.2. The van der Waals surface area contributed by atoms with Crippen molar-refractivity contribution in [3.63, 3.8) is 0 Å². The quantitative estimate of drug-likeness (QED) is 0.689. The lowest BCUT2D eigenvalue weighted by atomic mass is 9.89. The number of hydrogen-bond acceptors (Lipinski definition) is 6. The van der Waals surface area contributed by atoms with Crippen molar-refractivity contribution >= 4 is 16.7 Å². The largest absolute Gasteiger partial charge is 0.391 e. The number of aliphatic hydroxyl groups excluding tert-OH is 1. The Hall–Kier alpha value is -2.57. The molecule has 0 spiro atoms. The van der Waals surface area contributed by atoms with Gasteiger partial charge in [0.05, 0.1) is 11.6 Å². The zero-order chi connectivity index (χ0) is 20.3. The number of nitrogens with one attached hydrogen (secondary N) is 1. The Morgan fingerprint density at radius 3 is 2.57 bits per heavy atom. The van der Waals surface area contributed by atoms with Gasteiger partial charge in [0.1, 0.15) is 5.82 Å². The lowest BCUT2D eigenvalue weighted by molar-refractivity contribution is 0.00993. The van der Waals surface area contributed by atoms with Gasteiger partial charge in [-0.3, -0.25) is 9.88 Å². The number of likely N-dealkylation sites (tertiary alicyclic amines) is 1. The normalized spacial score (nSPS) is 23.5. The molecule has 2 fully saturated rings. The molecule has 30 heavy (non-hydrogen) atoms. The van der Waals surface area contributed by atoms with Gasteiger partial charge in [0.25, 0.3) is 0 Å². The second kappa shape index (κ2) is 8.66. The molecule has 156 valence electrons. The van der Waals surface area contributed by atoms with Crippen LogP contribution in [0.4, 0.5) is 5.82 Å². The van der Waals surface area contributed by atoms with Crippen LogP contribution in [-0.2, 0) is 0 Å². The topological polar surface area (TPSA) is 74.2 Å². The van der Waals surface area contributed by atoms with E-state index in [1.165, 1.54) is 6.42 Å². The molecule has 1 aromatic carbocycles. The minimum Gasteiger partial charge on any atom is -0.391 e. The lowest BCUT2D eigenvalue weighted by Gasteiger charge is -2.41. The second-order valence-corrected chi connectivity index (χ2v) is 8.53. The highest BCUT2D eigenvalue weighted by atomic mass is 16.3. The molecule has 2 unspecified atom stereocenters. The van der Waals surface area contributed by atoms with Crippen LogP contribution >= 0.6 is 0 Å². The van der Waals surface area contributed by atoms with Crippen LogP contribution in [-0.4, -0.2) is 56.2 Å². The molecule has 2 atom stereocenters. The van der Waals surface area contributed by atoms with Crippen molar-refractivity contribution in [2.75, 3.05) is 18.4 Å². The van der Waals surface area contributed by atoms with Crippen LogP contribution in [0, 0.1) is 0 Å². The number of para-hydroxylation sites is 1. The molecule has 0 radical (unpaired) electrons. The van der Waals surface area contributed by atoms with E-state index in [1.54, 1.807) is 6.20 Å². The Bertz CT molecular complexity index is 987. The van der Waals surface area contributed by atoms with E-state index in [9.17, 15) is 5.11 Å². The van der Waals surface area contributed by atoms with Gasteiger partial charge < -0.3 is 10.4 Å². The van der Waals surface area contributed by atoms with Crippen LogP contribution in [0.15, 0.2) is 48.8 Å². The Balaban J connectivity index is 1.34. The average Bonchev–Trinajstić information content (AvgIpc) is 2.80. The molecule has 2 aliphatic rings. The smallest absolute Gasteiger partial charge is 0.163 e. The summed E-state index contributed by atoms with van der Waals surface area (Å²) in [6, 6.07) is 12.8. The molecule has 1 aliphatic carbocycles. The lowest BCUT2D eigenvalue weighted by Crippen LogP contribution is -2.50. The number of pyridine rings is 1. The van der Waals surface area contributed by atoms with Gasteiger partial charge in [-0.15, -0.1) is 0 Å². The Morgan fingerprint density at radius 2 is 1.77 bits per heavy atom. The number of aromatic nitrogens is 3. The maximum Gasteiger partial charge on any atom is 0.163 e. The molecular formula is C24H29N5O. The first-order chi connectivity index (χ1) is 14.8. The molecule has 2 aromatic heterocycles. The van der Waals surface area contributed by atoms with Crippen molar-refractivity contribution in [1.29, 1.82) is 0 Å². The Morgan fingerprint density at radius 1 is 0.933 bits per heavy atom. The number of rotatable bonds is 4. The van der Waals surface area contributed by atoms with Gasteiger partial charge in [-0.2, -0.15) is 0 Å². The van der Waals surface area contributed by atoms with E-state index >= 15 is 0 Å². The first-order valence-corrected chi connectivity index (χ1v) is 11.1. The molecular weight excluding hydrogens is 374 g/mol. The van der Waals surface area contributed by atoms with Gasteiger partial charge in [-0.25, -0.2) is 9.97 Å². The first kappa shape index (κ1) is 19.4. The maximum atomic E-state index is 10.4. The highest BCUT2D eigenvalue weighted by Crippen LogP contribution is 2.29. The predicted octanol–water partition coefficient (Wildman–Crippen LogP) is 3.87. The minimum atomic E-state index is -0.156. The van der Waals surface area contributed by atoms with Gasteiger partial charge in [-0.05, 0) is 49.9 Å². The minimum absolute atomic E-state index is 0.156. The van der Waals surface area contributed by atoms with E-state index in [0.717, 1.165) is 67.5 Å². The van der Waals surface area contributed by atoms with Gasteiger partial charge in [-0.1, -0.05) is 25.0 Å². The molecule has 5 rings (SSSR count). The summed E-state index contributed by atoms with van der Waals surface area (Å²) < 4.78 is 0. The van der Waals surface area contributed by atoms with Crippen molar-refractivity contribution in [2.45, 2.75) is 56.7 Å². The number of nitrogens with zero attached hydrogens (tertiary/aromatic N) is 4.